The van der Waals surface area contributed by atoms with Gasteiger partial charge in [-0.05, 0) is 37.9 Å². The molecule has 1 aromatic carbocycles. The van der Waals surface area contributed by atoms with Gasteiger partial charge in [0.1, 0.15) is 0 Å². The van der Waals surface area contributed by atoms with Gasteiger partial charge in [-0.1, -0.05) is 18.5 Å². The van der Waals surface area contributed by atoms with Crippen molar-refractivity contribution in [3.63, 3.8) is 0 Å². The summed E-state index contributed by atoms with van der Waals surface area (Å²) in [7, 11) is 1.64. The zero-order chi connectivity index (χ0) is 15.5. The summed E-state index contributed by atoms with van der Waals surface area (Å²) in [5, 5.41) is 4.05. The Kier molecular flexibility index (Phi) is 9.22. The summed E-state index contributed by atoms with van der Waals surface area (Å²) in [6.07, 6.45) is 1.93. The number of methoxy groups -OCH3 is 1. The lowest BCUT2D eigenvalue weighted by Crippen LogP contribution is -2.16. The van der Waals surface area contributed by atoms with E-state index in [0.717, 1.165) is 43.9 Å². The molecule has 5 heteroatoms. The molecule has 120 valence electrons. The highest BCUT2D eigenvalue weighted by atomic mass is 35.5. The van der Waals surface area contributed by atoms with Crippen LogP contribution in [0.15, 0.2) is 12.1 Å². The molecule has 0 aliphatic carbocycles. The van der Waals surface area contributed by atoms with Crippen LogP contribution in [0.1, 0.15) is 32.3 Å². The van der Waals surface area contributed by atoms with E-state index in [9.17, 15) is 0 Å². The Morgan fingerprint density at radius 1 is 1.14 bits per heavy atom. The predicted molar refractivity (Wildman–Crippen MR) is 86.6 cm³/mol. The van der Waals surface area contributed by atoms with Gasteiger partial charge in [-0.15, -0.1) is 0 Å². The Balaban J connectivity index is 2.54. The third-order valence-electron chi connectivity index (χ3n) is 2.96. The van der Waals surface area contributed by atoms with E-state index in [2.05, 4.69) is 12.2 Å². The molecular formula is C16H26ClNO3. The fraction of sp³-hybridized carbons (Fsp3) is 0.625. The van der Waals surface area contributed by atoms with E-state index >= 15 is 0 Å². The number of nitrogens with one attached hydrogen (secondary N) is 1. The summed E-state index contributed by atoms with van der Waals surface area (Å²) in [6.45, 7) is 7.87. The van der Waals surface area contributed by atoms with Crippen LogP contribution in [0.5, 0.6) is 11.5 Å². The smallest absolute Gasteiger partial charge is 0.162 e. The fourth-order valence-electron chi connectivity index (χ4n) is 1.86. The molecule has 0 atom stereocenters. The topological polar surface area (TPSA) is 39.7 Å². The van der Waals surface area contributed by atoms with Crippen molar-refractivity contribution in [2.75, 3.05) is 33.5 Å². The third-order valence-corrected chi connectivity index (χ3v) is 3.31. The average Bonchev–Trinajstić information content (AvgIpc) is 2.50. The molecule has 4 nitrogen and oxygen atoms in total. The van der Waals surface area contributed by atoms with Crippen molar-refractivity contribution in [1.29, 1.82) is 0 Å². The summed E-state index contributed by atoms with van der Waals surface area (Å²) in [4.78, 5) is 0. The van der Waals surface area contributed by atoms with Gasteiger partial charge in [-0.25, -0.2) is 0 Å². The van der Waals surface area contributed by atoms with Crippen molar-refractivity contribution >= 4 is 11.6 Å². The fourth-order valence-corrected chi connectivity index (χ4v) is 2.08. The Hall–Kier alpha value is -0.970. The highest BCUT2D eigenvalue weighted by molar-refractivity contribution is 6.31. The van der Waals surface area contributed by atoms with E-state index in [4.69, 9.17) is 25.8 Å². The maximum Gasteiger partial charge on any atom is 0.162 e. The molecule has 0 aromatic heterocycles. The molecule has 0 aliphatic heterocycles. The SMILES string of the molecule is CCCOc1cc(Cl)c(CNCCCOCC)cc1OC. The summed E-state index contributed by atoms with van der Waals surface area (Å²) < 4.78 is 16.3. The molecule has 0 bridgehead atoms. The van der Waals surface area contributed by atoms with Crippen LogP contribution in [0.2, 0.25) is 5.02 Å². The predicted octanol–water partition coefficient (Wildman–Crippen LogP) is 3.65. The van der Waals surface area contributed by atoms with Crippen LogP contribution >= 0.6 is 11.6 Å². The van der Waals surface area contributed by atoms with Gasteiger partial charge in [0.15, 0.2) is 11.5 Å². The van der Waals surface area contributed by atoms with Crippen LogP contribution in [0.3, 0.4) is 0 Å². The quantitative estimate of drug-likeness (QED) is 0.633. The average molecular weight is 316 g/mol. The minimum Gasteiger partial charge on any atom is -0.493 e. The second-order valence-corrected chi connectivity index (χ2v) is 5.08. The number of ether oxygens (including phenoxy) is 3. The maximum absolute atomic E-state index is 6.30. The molecule has 1 aromatic rings. The second kappa shape index (κ2) is 10.7. The monoisotopic (exact) mass is 315 g/mol. The van der Waals surface area contributed by atoms with E-state index in [1.54, 1.807) is 7.11 Å². The second-order valence-electron chi connectivity index (χ2n) is 4.67. The van der Waals surface area contributed by atoms with Crippen LogP contribution < -0.4 is 14.8 Å². The molecule has 0 aliphatic rings. The summed E-state index contributed by atoms with van der Waals surface area (Å²) in [5.41, 5.74) is 1.01. The normalized spacial score (nSPS) is 10.7. The molecule has 0 unspecified atom stereocenters. The molecule has 0 spiro atoms. The van der Waals surface area contributed by atoms with Crippen LogP contribution in [0.4, 0.5) is 0 Å². The van der Waals surface area contributed by atoms with E-state index in [0.29, 0.717) is 23.9 Å². The van der Waals surface area contributed by atoms with Gasteiger partial charge in [0.05, 0.1) is 13.7 Å². The van der Waals surface area contributed by atoms with E-state index in [1.165, 1.54) is 0 Å². The van der Waals surface area contributed by atoms with Crippen LogP contribution in [0.25, 0.3) is 0 Å². The molecule has 0 fully saturated rings. The van der Waals surface area contributed by atoms with Gasteiger partial charge < -0.3 is 19.5 Å². The molecule has 21 heavy (non-hydrogen) atoms. The Labute approximate surface area is 132 Å². The van der Waals surface area contributed by atoms with E-state index < -0.39 is 0 Å². The largest absolute Gasteiger partial charge is 0.493 e. The first-order chi connectivity index (χ1) is 10.2. The molecule has 0 amide bonds. The zero-order valence-corrected chi connectivity index (χ0v) is 14.0. The molecule has 0 saturated heterocycles. The highest BCUT2D eigenvalue weighted by Gasteiger charge is 2.10. The highest BCUT2D eigenvalue weighted by Crippen LogP contribution is 2.33. The number of benzene rings is 1. The summed E-state index contributed by atoms with van der Waals surface area (Å²) in [5.74, 6) is 1.42. The minimum absolute atomic E-state index is 0.654. The Morgan fingerprint density at radius 2 is 1.95 bits per heavy atom. The molecule has 0 radical (unpaired) electrons. The lowest BCUT2D eigenvalue weighted by Gasteiger charge is -2.14. The first-order valence-corrected chi connectivity index (χ1v) is 7.88. The molecular weight excluding hydrogens is 290 g/mol. The summed E-state index contributed by atoms with van der Waals surface area (Å²) in [6, 6.07) is 3.76. The van der Waals surface area contributed by atoms with Gasteiger partial charge in [0.25, 0.3) is 0 Å². The van der Waals surface area contributed by atoms with Gasteiger partial charge in [0.2, 0.25) is 0 Å². The standard InChI is InChI=1S/C16H26ClNO3/c1-4-8-21-16-11-14(17)13(10-15(16)19-3)12-18-7-6-9-20-5-2/h10-11,18H,4-9,12H2,1-3H3. The van der Waals surface area contributed by atoms with Crippen molar-refractivity contribution in [3.8, 4) is 11.5 Å². The zero-order valence-electron chi connectivity index (χ0n) is 13.2. The summed E-state index contributed by atoms with van der Waals surface area (Å²) >= 11 is 6.30. The lowest BCUT2D eigenvalue weighted by molar-refractivity contribution is 0.144. The van der Waals surface area contributed by atoms with Crippen molar-refractivity contribution in [2.24, 2.45) is 0 Å². The number of rotatable bonds is 11. The Bertz CT molecular complexity index is 413. The molecule has 0 heterocycles. The van der Waals surface area contributed by atoms with Gasteiger partial charge in [-0.2, -0.15) is 0 Å². The maximum atomic E-state index is 6.30. The van der Waals surface area contributed by atoms with Crippen LogP contribution in [-0.2, 0) is 11.3 Å². The third kappa shape index (κ3) is 6.55. The Morgan fingerprint density at radius 3 is 2.62 bits per heavy atom. The number of hydrogen-bond acceptors (Lipinski definition) is 4. The van der Waals surface area contributed by atoms with Crippen LogP contribution in [0, 0.1) is 0 Å². The van der Waals surface area contributed by atoms with Crippen molar-refractivity contribution in [1.82, 2.24) is 5.32 Å². The van der Waals surface area contributed by atoms with Crippen molar-refractivity contribution < 1.29 is 14.2 Å². The van der Waals surface area contributed by atoms with Gasteiger partial charge >= 0.3 is 0 Å². The molecule has 1 N–H and O–H groups in total. The minimum atomic E-state index is 0.654. The first-order valence-electron chi connectivity index (χ1n) is 7.50. The number of halogens is 1. The van der Waals surface area contributed by atoms with Crippen molar-refractivity contribution in [3.05, 3.63) is 22.7 Å². The lowest BCUT2D eigenvalue weighted by atomic mass is 10.2. The molecule has 0 saturated carbocycles. The van der Waals surface area contributed by atoms with E-state index in [1.807, 2.05) is 19.1 Å². The van der Waals surface area contributed by atoms with Crippen molar-refractivity contribution in [2.45, 2.75) is 33.2 Å². The number of hydrogen-bond donors (Lipinski definition) is 1. The first kappa shape index (κ1) is 18.1. The van der Waals surface area contributed by atoms with Gasteiger partial charge in [-0.3, -0.25) is 0 Å². The molecule has 1 rings (SSSR count). The van der Waals surface area contributed by atoms with Gasteiger partial charge in [0, 0.05) is 30.8 Å². The van der Waals surface area contributed by atoms with Crippen LogP contribution in [-0.4, -0.2) is 33.5 Å². The van der Waals surface area contributed by atoms with E-state index in [-0.39, 0.29) is 0 Å².